The fourth-order valence-electron chi connectivity index (χ4n) is 2.80. The highest BCUT2D eigenvalue weighted by atomic mass is 31.2. The summed E-state index contributed by atoms with van der Waals surface area (Å²) in [5, 5.41) is 3.34. The normalized spacial score (nSPS) is 10.1. The Labute approximate surface area is 159 Å². The summed E-state index contributed by atoms with van der Waals surface area (Å²) in [6, 6.07) is 30.5. The average Bonchev–Trinajstić information content (AvgIpc) is 2.71. The van der Waals surface area contributed by atoms with Crippen molar-refractivity contribution in [2.45, 2.75) is 0 Å². The molecular weight excluding hydrogens is 355 g/mol. The molecule has 0 heterocycles. The van der Waals surface area contributed by atoms with Crippen molar-refractivity contribution in [3.05, 3.63) is 97.6 Å². The van der Waals surface area contributed by atoms with Crippen molar-refractivity contribution in [3.63, 3.8) is 0 Å². The van der Waals surface area contributed by atoms with Crippen LogP contribution >= 0.6 is 7.05 Å². The Hall–Kier alpha value is -3.19. The van der Waals surface area contributed by atoms with Gasteiger partial charge >= 0.3 is 0 Å². The minimum absolute atomic E-state index is 0.00641. The van der Waals surface area contributed by atoms with Crippen molar-refractivity contribution in [2.24, 2.45) is 10.5 Å². The third-order valence-corrected chi connectivity index (χ3v) is 7.53. The molecule has 4 nitrogen and oxygen atoms in total. The molecule has 0 atom stereocenters. The summed E-state index contributed by atoms with van der Waals surface area (Å²) >= 11 is 0. The van der Waals surface area contributed by atoms with Gasteiger partial charge in [-0.1, -0.05) is 91.0 Å². The zero-order valence-corrected chi connectivity index (χ0v) is 15.8. The molecule has 0 radical (unpaired) electrons. The molecule has 1 amide bonds. The Morgan fingerprint density at radius 3 is 1.37 bits per heavy atom. The van der Waals surface area contributed by atoms with Gasteiger partial charge in [0.1, 0.15) is 12.5 Å². The summed E-state index contributed by atoms with van der Waals surface area (Å²) < 4.78 is 4.90. The van der Waals surface area contributed by atoms with Gasteiger partial charge in [0.25, 0.3) is 0 Å². The van der Waals surface area contributed by atoms with Crippen LogP contribution in [0.5, 0.6) is 0 Å². The lowest BCUT2D eigenvalue weighted by Gasteiger charge is -2.26. The van der Waals surface area contributed by atoms with Crippen LogP contribution in [0.1, 0.15) is 0 Å². The number of rotatable bonds is 5. The van der Waals surface area contributed by atoms with Gasteiger partial charge in [-0.05, 0) is 6.58 Å². The first kappa shape index (κ1) is 20.1. The Kier molecular flexibility index (Phi) is 7.51. The van der Waals surface area contributed by atoms with Crippen LogP contribution in [0, 0.1) is 0 Å². The SMILES string of the molecule is C=C=O.NC(=O)CN=P(c1ccccc1)(c1ccccc1)c1ccccc1. The lowest BCUT2D eigenvalue weighted by atomic mass is 10.4. The molecular formula is C22H21N2O2P. The summed E-state index contributed by atoms with van der Waals surface area (Å²) in [5.74, 6) is 0.835. The molecule has 0 saturated heterocycles. The largest absolute Gasteiger partial charge is 0.368 e. The van der Waals surface area contributed by atoms with Crippen molar-refractivity contribution >= 4 is 34.8 Å². The molecule has 0 saturated carbocycles. The van der Waals surface area contributed by atoms with Gasteiger partial charge in [-0.15, -0.1) is 0 Å². The number of hydrogen-bond acceptors (Lipinski definition) is 3. The van der Waals surface area contributed by atoms with Crippen molar-refractivity contribution in [3.8, 4) is 0 Å². The van der Waals surface area contributed by atoms with Crippen LogP contribution in [-0.2, 0) is 9.59 Å². The van der Waals surface area contributed by atoms with Gasteiger partial charge in [0.2, 0.25) is 5.91 Å². The van der Waals surface area contributed by atoms with Crippen molar-refractivity contribution < 1.29 is 9.59 Å². The van der Waals surface area contributed by atoms with Crippen molar-refractivity contribution in [1.29, 1.82) is 0 Å². The van der Waals surface area contributed by atoms with E-state index in [-0.39, 0.29) is 6.54 Å². The van der Waals surface area contributed by atoms with E-state index in [2.05, 4.69) is 43.0 Å². The molecule has 0 bridgehead atoms. The Bertz CT molecular complexity index is 846. The molecule has 0 aliphatic heterocycles. The summed E-state index contributed by atoms with van der Waals surface area (Å²) in [4.78, 5) is 20.1. The van der Waals surface area contributed by atoms with E-state index < -0.39 is 13.0 Å². The standard InChI is InChI=1S/C20H19N2OP.C2H2O/c21-20(23)16-22-24(17-10-4-1-5-11-17,18-12-6-2-7-13-18)19-14-8-3-9-15-19;1-2-3/h1-15H,16H2,(H2,21,23);1H2. The third-order valence-electron chi connectivity index (χ3n) is 3.83. The van der Waals surface area contributed by atoms with Gasteiger partial charge in [-0.3, -0.25) is 9.54 Å². The number of primary amides is 1. The highest BCUT2D eigenvalue weighted by molar-refractivity contribution is 7.87. The molecule has 5 heteroatoms. The minimum atomic E-state index is -2.28. The zero-order valence-electron chi connectivity index (χ0n) is 14.9. The molecule has 0 fully saturated rings. The molecule has 0 aliphatic carbocycles. The molecule has 3 aromatic rings. The molecule has 3 aromatic carbocycles. The van der Waals surface area contributed by atoms with Crippen LogP contribution in [-0.4, -0.2) is 18.4 Å². The molecule has 0 spiro atoms. The predicted molar refractivity (Wildman–Crippen MR) is 113 cm³/mol. The predicted octanol–water partition coefficient (Wildman–Crippen LogP) is 2.65. The maximum Gasteiger partial charge on any atom is 0.239 e. The quantitative estimate of drug-likeness (QED) is 0.549. The summed E-state index contributed by atoms with van der Waals surface area (Å²) in [7, 11) is -2.28. The highest BCUT2D eigenvalue weighted by Crippen LogP contribution is 2.46. The Morgan fingerprint density at radius 2 is 1.11 bits per heavy atom. The third kappa shape index (κ3) is 4.92. The second-order valence-electron chi connectivity index (χ2n) is 5.55. The van der Waals surface area contributed by atoms with Gasteiger partial charge in [0.05, 0.1) is 7.05 Å². The van der Waals surface area contributed by atoms with Crippen LogP contribution in [0.15, 0.2) is 102 Å². The van der Waals surface area contributed by atoms with E-state index >= 15 is 0 Å². The van der Waals surface area contributed by atoms with E-state index in [0.29, 0.717) is 0 Å². The van der Waals surface area contributed by atoms with E-state index in [4.69, 9.17) is 15.3 Å². The van der Waals surface area contributed by atoms with Gasteiger partial charge in [0, 0.05) is 15.9 Å². The summed E-state index contributed by atoms with van der Waals surface area (Å²) in [5.41, 5.74) is 5.42. The lowest BCUT2D eigenvalue weighted by molar-refractivity contribution is -0.116. The molecule has 2 N–H and O–H groups in total. The first-order valence-corrected chi connectivity index (χ1v) is 10.1. The Morgan fingerprint density at radius 1 is 0.815 bits per heavy atom. The molecule has 3 rings (SSSR count). The number of nitrogens with zero attached hydrogens (tertiary/aromatic N) is 1. The second-order valence-corrected chi connectivity index (χ2v) is 8.66. The number of carbonyl (C=O) groups is 1. The van der Waals surface area contributed by atoms with E-state index in [0.717, 1.165) is 15.9 Å². The first-order valence-electron chi connectivity index (χ1n) is 8.32. The topological polar surface area (TPSA) is 72.5 Å². The van der Waals surface area contributed by atoms with Crippen LogP contribution in [0.2, 0.25) is 0 Å². The zero-order chi connectivity index (χ0) is 19.5. The van der Waals surface area contributed by atoms with E-state index in [1.807, 2.05) is 54.6 Å². The highest BCUT2D eigenvalue weighted by Gasteiger charge is 2.26. The first-order chi connectivity index (χ1) is 13.1. The van der Waals surface area contributed by atoms with Crippen LogP contribution < -0.4 is 21.6 Å². The fraction of sp³-hybridized carbons (Fsp3) is 0.0455. The molecule has 0 unspecified atom stereocenters. The molecule has 136 valence electrons. The Balaban J connectivity index is 0.000000817. The van der Waals surface area contributed by atoms with E-state index in [9.17, 15) is 4.79 Å². The van der Waals surface area contributed by atoms with Crippen LogP contribution in [0.25, 0.3) is 0 Å². The number of nitrogens with two attached hydrogens (primary N) is 1. The average molecular weight is 376 g/mol. The number of carbonyl (C=O) groups excluding carboxylic acids is 2. The van der Waals surface area contributed by atoms with Crippen LogP contribution in [0.4, 0.5) is 0 Å². The number of hydrogen-bond donors (Lipinski definition) is 1. The van der Waals surface area contributed by atoms with Crippen molar-refractivity contribution in [2.75, 3.05) is 6.54 Å². The molecule has 0 aromatic heterocycles. The molecule has 0 aliphatic rings. The number of amides is 1. The second kappa shape index (κ2) is 10.1. The van der Waals surface area contributed by atoms with E-state index in [1.165, 1.54) is 5.94 Å². The van der Waals surface area contributed by atoms with E-state index in [1.54, 1.807) is 0 Å². The lowest BCUT2D eigenvalue weighted by Crippen LogP contribution is -2.26. The fourth-order valence-corrected chi connectivity index (χ4v) is 6.35. The van der Waals surface area contributed by atoms with Gasteiger partial charge in [-0.2, -0.15) is 0 Å². The van der Waals surface area contributed by atoms with Crippen molar-refractivity contribution in [1.82, 2.24) is 0 Å². The summed E-state index contributed by atoms with van der Waals surface area (Å²) in [6.45, 7) is 2.69. The van der Waals surface area contributed by atoms with Gasteiger partial charge < -0.3 is 5.73 Å². The molecule has 27 heavy (non-hydrogen) atoms. The maximum atomic E-state index is 11.5. The minimum Gasteiger partial charge on any atom is -0.368 e. The number of benzene rings is 3. The van der Waals surface area contributed by atoms with Gasteiger partial charge in [-0.25, -0.2) is 4.79 Å². The summed E-state index contributed by atoms with van der Waals surface area (Å²) in [6.07, 6.45) is 0. The van der Waals surface area contributed by atoms with Gasteiger partial charge in [0.15, 0.2) is 0 Å². The van der Waals surface area contributed by atoms with Crippen LogP contribution in [0.3, 0.4) is 0 Å². The maximum absolute atomic E-state index is 11.5. The smallest absolute Gasteiger partial charge is 0.239 e. The monoisotopic (exact) mass is 376 g/mol.